The lowest BCUT2D eigenvalue weighted by Gasteiger charge is -2.30. The molecule has 3 unspecified atom stereocenters. The summed E-state index contributed by atoms with van der Waals surface area (Å²) in [6, 6.07) is 11.3. The Morgan fingerprint density at radius 2 is 2.23 bits per heavy atom. The molecule has 2 aliphatic heterocycles. The molecule has 0 radical (unpaired) electrons. The van der Waals surface area contributed by atoms with Crippen molar-refractivity contribution in [2.75, 3.05) is 5.75 Å². The molecule has 4 rings (SSSR count). The van der Waals surface area contributed by atoms with E-state index >= 15 is 0 Å². The molecule has 0 saturated carbocycles. The Labute approximate surface area is 135 Å². The summed E-state index contributed by atoms with van der Waals surface area (Å²) in [4.78, 5) is 15.6. The summed E-state index contributed by atoms with van der Waals surface area (Å²) in [7, 11) is 0. The summed E-state index contributed by atoms with van der Waals surface area (Å²) in [5.41, 5.74) is 3.49. The van der Waals surface area contributed by atoms with Crippen LogP contribution in [0.4, 0.5) is 0 Å². The van der Waals surface area contributed by atoms with Crippen molar-refractivity contribution < 1.29 is 0 Å². The topological polar surface area (TPSA) is 44.3 Å². The molecule has 4 heterocycles. The summed E-state index contributed by atoms with van der Waals surface area (Å²) in [5.74, 6) is 1.14. The largest absolute Gasteiger partial charge is 0.361 e. The second-order valence-electron chi connectivity index (χ2n) is 5.93. The summed E-state index contributed by atoms with van der Waals surface area (Å²) in [5, 5.41) is 1.18. The van der Waals surface area contributed by atoms with Crippen LogP contribution >= 0.6 is 11.8 Å². The Bertz CT molecular complexity index is 694. The number of aromatic amines is 1. The highest BCUT2D eigenvalue weighted by molar-refractivity contribution is 8.14. The van der Waals surface area contributed by atoms with E-state index in [1.54, 1.807) is 0 Å². The van der Waals surface area contributed by atoms with Crippen molar-refractivity contribution in [1.82, 2.24) is 14.9 Å². The lowest BCUT2D eigenvalue weighted by Crippen LogP contribution is -2.35. The van der Waals surface area contributed by atoms with Crippen LogP contribution in [0.3, 0.4) is 0 Å². The average molecular weight is 312 g/mol. The van der Waals surface area contributed by atoms with Gasteiger partial charge in [-0.1, -0.05) is 24.8 Å². The molecule has 0 aromatic carbocycles. The molecule has 0 aliphatic carbocycles. The van der Waals surface area contributed by atoms with Crippen molar-refractivity contribution in [3.63, 3.8) is 0 Å². The Morgan fingerprint density at radius 1 is 1.32 bits per heavy atom. The molecule has 0 bridgehead atoms. The number of rotatable bonds is 3. The zero-order valence-electron chi connectivity index (χ0n) is 12.9. The second-order valence-corrected chi connectivity index (χ2v) is 6.92. The van der Waals surface area contributed by atoms with Crippen molar-refractivity contribution in [2.24, 2.45) is 4.99 Å². The number of pyridine rings is 1. The van der Waals surface area contributed by atoms with E-state index in [-0.39, 0.29) is 12.1 Å². The van der Waals surface area contributed by atoms with Crippen molar-refractivity contribution in [2.45, 2.75) is 38.4 Å². The van der Waals surface area contributed by atoms with E-state index in [9.17, 15) is 0 Å². The van der Waals surface area contributed by atoms with Crippen LogP contribution in [0.15, 0.2) is 41.5 Å². The first-order valence-corrected chi connectivity index (χ1v) is 8.82. The Balaban J connectivity index is 1.78. The number of amidine groups is 1. The normalized spacial score (nSPS) is 27.1. The first kappa shape index (κ1) is 13.9. The fourth-order valence-electron chi connectivity index (χ4n) is 3.39. The highest BCUT2D eigenvalue weighted by Crippen LogP contribution is 2.48. The van der Waals surface area contributed by atoms with Gasteiger partial charge in [-0.3, -0.25) is 9.98 Å². The molecular weight excluding hydrogens is 292 g/mol. The first-order chi connectivity index (χ1) is 10.8. The van der Waals surface area contributed by atoms with Crippen molar-refractivity contribution in [3.8, 4) is 0 Å². The van der Waals surface area contributed by atoms with Crippen LogP contribution in [0.1, 0.15) is 42.5 Å². The summed E-state index contributed by atoms with van der Waals surface area (Å²) >= 11 is 1.88. The van der Waals surface area contributed by atoms with Gasteiger partial charge in [0.15, 0.2) is 5.17 Å². The van der Waals surface area contributed by atoms with Gasteiger partial charge in [0.25, 0.3) is 0 Å². The van der Waals surface area contributed by atoms with Crippen LogP contribution in [-0.2, 0) is 0 Å². The predicted octanol–water partition coefficient (Wildman–Crippen LogP) is 3.70. The van der Waals surface area contributed by atoms with E-state index in [0.29, 0.717) is 6.04 Å². The van der Waals surface area contributed by atoms with Crippen LogP contribution in [0.25, 0.3) is 0 Å². The molecule has 2 aromatic heterocycles. The Hall–Kier alpha value is -1.75. The molecular formula is C17H20N4S. The monoisotopic (exact) mass is 312 g/mol. The number of H-pyrrole nitrogens is 1. The number of thioether (sulfide) groups is 1. The smallest absolute Gasteiger partial charge is 0.160 e. The minimum Gasteiger partial charge on any atom is -0.361 e. The second kappa shape index (κ2) is 5.47. The van der Waals surface area contributed by atoms with E-state index in [4.69, 9.17) is 4.99 Å². The van der Waals surface area contributed by atoms with Gasteiger partial charge in [0.1, 0.15) is 6.04 Å². The van der Waals surface area contributed by atoms with Crippen molar-refractivity contribution in [3.05, 3.63) is 53.6 Å². The van der Waals surface area contributed by atoms with Crippen LogP contribution in [-0.4, -0.2) is 31.8 Å². The van der Waals surface area contributed by atoms with Gasteiger partial charge in [0, 0.05) is 29.4 Å². The minimum absolute atomic E-state index is 0.0797. The Kier molecular flexibility index (Phi) is 3.45. The van der Waals surface area contributed by atoms with Crippen molar-refractivity contribution in [1.29, 1.82) is 0 Å². The fourth-order valence-corrected chi connectivity index (χ4v) is 4.72. The highest BCUT2D eigenvalue weighted by Gasteiger charge is 2.45. The molecule has 1 N–H and O–H groups in total. The molecule has 114 valence electrons. The van der Waals surface area contributed by atoms with Gasteiger partial charge in [-0.25, -0.2) is 0 Å². The number of fused-ring (bicyclic) bond motifs is 1. The lowest BCUT2D eigenvalue weighted by atomic mass is 10.00. The highest BCUT2D eigenvalue weighted by atomic mass is 32.2. The lowest BCUT2D eigenvalue weighted by molar-refractivity contribution is 0.251. The maximum Gasteiger partial charge on any atom is 0.160 e. The summed E-state index contributed by atoms with van der Waals surface area (Å²) in [6.45, 7) is 4.37. The van der Waals surface area contributed by atoms with Gasteiger partial charge < -0.3 is 9.88 Å². The van der Waals surface area contributed by atoms with Gasteiger partial charge in [0.2, 0.25) is 0 Å². The molecule has 4 nitrogen and oxygen atoms in total. The number of hydrogen-bond donors (Lipinski definition) is 1. The van der Waals surface area contributed by atoms with E-state index < -0.39 is 0 Å². The maximum atomic E-state index is 5.01. The van der Waals surface area contributed by atoms with Crippen LogP contribution in [0, 0.1) is 6.92 Å². The zero-order chi connectivity index (χ0) is 15.1. The number of aryl methyl sites for hydroxylation is 1. The van der Waals surface area contributed by atoms with Gasteiger partial charge in [-0.15, -0.1) is 0 Å². The number of aromatic nitrogens is 2. The number of nitrogens with one attached hydrogen (secondary N) is 1. The molecule has 3 atom stereocenters. The van der Waals surface area contributed by atoms with E-state index in [1.165, 1.54) is 16.6 Å². The number of hydrogen-bond acceptors (Lipinski definition) is 4. The molecule has 2 aliphatic rings. The maximum absolute atomic E-state index is 5.01. The van der Waals surface area contributed by atoms with E-state index in [2.05, 4.69) is 46.9 Å². The SMILES string of the molecule is CCC1CSC2=NC(c3ccccn3)C(c3ccc(C)[nH]3)N21. The third-order valence-corrected chi connectivity index (χ3v) is 5.63. The number of aliphatic imine (C=N–C) groups is 1. The third-order valence-electron chi connectivity index (χ3n) is 4.50. The predicted molar refractivity (Wildman–Crippen MR) is 91.1 cm³/mol. The van der Waals surface area contributed by atoms with Gasteiger partial charge >= 0.3 is 0 Å². The van der Waals surface area contributed by atoms with Gasteiger partial charge in [-0.2, -0.15) is 0 Å². The van der Waals surface area contributed by atoms with Crippen LogP contribution < -0.4 is 0 Å². The molecule has 0 amide bonds. The molecule has 5 heteroatoms. The Morgan fingerprint density at radius 3 is 2.91 bits per heavy atom. The standard InChI is InChI=1S/C17H20N4S/c1-3-12-10-22-17-20-15(13-6-4-5-9-18-13)16(21(12)17)14-8-7-11(2)19-14/h4-9,12,15-16,19H,3,10H2,1-2H3. The summed E-state index contributed by atoms with van der Waals surface area (Å²) < 4.78 is 0. The van der Waals surface area contributed by atoms with E-state index in [1.807, 2.05) is 30.1 Å². The molecule has 1 saturated heterocycles. The third kappa shape index (κ3) is 2.15. The minimum atomic E-state index is 0.0797. The van der Waals surface area contributed by atoms with Crippen LogP contribution in [0.5, 0.6) is 0 Å². The molecule has 0 spiro atoms. The fraction of sp³-hybridized carbons (Fsp3) is 0.412. The van der Waals surface area contributed by atoms with Gasteiger partial charge in [0.05, 0.1) is 11.7 Å². The van der Waals surface area contributed by atoms with E-state index in [0.717, 1.165) is 17.9 Å². The number of nitrogens with zero attached hydrogens (tertiary/aromatic N) is 3. The average Bonchev–Trinajstić information content (AvgIpc) is 3.22. The molecule has 2 aromatic rings. The first-order valence-electron chi connectivity index (χ1n) is 7.83. The summed E-state index contributed by atoms with van der Waals surface area (Å²) in [6.07, 6.45) is 3.01. The molecule has 1 fully saturated rings. The van der Waals surface area contributed by atoms with Crippen LogP contribution in [0.2, 0.25) is 0 Å². The molecule has 22 heavy (non-hydrogen) atoms. The van der Waals surface area contributed by atoms with Crippen molar-refractivity contribution >= 4 is 16.9 Å². The quantitative estimate of drug-likeness (QED) is 0.940. The van der Waals surface area contributed by atoms with Gasteiger partial charge in [-0.05, 0) is 37.6 Å². The zero-order valence-corrected chi connectivity index (χ0v) is 13.7.